The smallest absolute Gasteiger partial charge is 0.225 e. The summed E-state index contributed by atoms with van der Waals surface area (Å²) in [4.78, 5) is 9.19. The number of aromatic nitrogens is 2. The maximum absolute atomic E-state index is 5.76. The summed E-state index contributed by atoms with van der Waals surface area (Å²) in [5.74, 6) is 3.01. The number of nitrogens with one attached hydrogen (secondary N) is 2. The van der Waals surface area contributed by atoms with Crippen LogP contribution in [0, 0.1) is 0 Å². The van der Waals surface area contributed by atoms with Crippen LogP contribution in [0.5, 0.6) is 11.5 Å². The van der Waals surface area contributed by atoms with Crippen LogP contribution in [0.25, 0.3) is 11.3 Å². The summed E-state index contributed by atoms with van der Waals surface area (Å²) in [6, 6.07) is 19.6. The molecule has 28 heavy (non-hydrogen) atoms. The van der Waals surface area contributed by atoms with Gasteiger partial charge in [-0.1, -0.05) is 37.3 Å². The third kappa shape index (κ3) is 5.61. The highest BCUT2D eigenvalue weighted by molar-refractivity contribution is 5.64. The van der Waals surface area contributed by atoms with Gasteiger partial charge in [-0.2, -0.15) is 4.98 Å². The van der Waals surface area contributed by atoms with Crippen LogP contribution in [-0.4, -0.2) is 36.8 Å². The quantitative estimate of drug-likeness (QED) is 0.508. The molecular formula is C22H26N4O2. The summed E-state index contributed by atoms with van der Waals surface area (Å²) in [7, 11) is 1.65. The third-order valence-electron chi connectivity index (χ3n) is 4.07. The van der Waals surface area contributed by atoms with Gasteiger partial charge in [0.05, 0.1) is 19.3 Å². The van der Waals surface area contributed by atoms with Crippen molar-refractivity contribution in [3.05, 3.63) is 60.7 Å². The van der Waals surface area contributed by atoms with Crippen molar-refractivity contribution in [1.29, 1.82) is 0 Å². The van der Waals surface area contributed by atoms with Crippen molar-refractivity contribution in [3.8, 4) is 22.8 Å². The number of hydrogen-bond acceptors (Lipinski definition) is 6. The molecule has 0 bridgehead atoms. The molecule has 0 aliphatic rings. The van der Waals surface area contributed by atoms with Crippen LogP contribution in [-0.2, 0) is 0 Å². The van der Waals surface area contributed by atoms with Crippen molar-refractivity contribution in [1.82, 2.24) is 9.97 Å². The average molecular weight is 378 g/mol. The Bertz CT molecular complexity index is 854. The Hall–Kier alpha value is -3.28. The average Bonchev–Trinajstić information content (AvgIpc) is 2.76. The molecule has 0 atom stereocenters. The van der Waals surface area contributed by atoms with E-state index in [9.17, 15) is 0 Å². The van der Waals surface area contributed by atoms with E-state index in [2.05, 4.69) is 27.5 Å². The Labute approximate surface area is 166 Å². The summed E-state index contributed by atoms with van der Waals surface area (Å²) in [6.07, 6.45) is 1.01. The molecule has 6 nitrogen and oxygen atoms in total. The van der Waals surface area contributed by atoms with Crippen LogP contribution >= 0.6 is 0 Å². The number of methoxy groups -OCH3 is 1. The van der Waals surface area contributed by atoms with Crippen molar-refractivity contribution < 1.29 is 9.47 Å². The van der Waals surface area contributed by atoms with E-state index in [1.165, 1.54) is 0 Å². The number of ether oxygens (including phenoxy) is 2. The standard InChI is InChI=1S/C22H26N4O2/c1-3-13-24-22-25-20(17-7-5-4-6-8-17)16-21(26-22)23-14-15-28-19-11-9-18(27-2)10-12-19/h4-12,16H,3,13-15H2,1-2H3,(H2,23,24,25,26). The predicted molar refractivity (Wildman–Crippen MR) is 113 cm³/mol. The predicted octanol–water partition coefficient (Wildman–Crippen LogP) is 4.47. The van der Waals surface area contributed by atoms with Crippen molar-refractivity contribution in [2.75, 3.05) is 37.4 Å². The van der Waals surface area contributed by atoms with E-state index in [1.807, 2.05) is 60.7 Å². The van der Waals surface area contributed by atoms with Gasteiger partial charge in [0.1, 0.15) is 23.9 Å². The normalized spacial score (nSPS) is 10.4. The molecule has 0 aliphatic carbocycles. The number of anilines is 2. The number of benzene rings is 2. The fraction of sp³-hybridized carbons (Fsp3) is 0.273. The topological polar surface area (TPSA) is 68.3 Å². The molecule has 0 radical (unpaired) electrons. The van der Waals surface area contributed by atoms with E-state index in [4.69, 9.17) is 9.47 Å². The van der Waals surface area contributed by atoms with Gasteiger partial charge in [-0.05, 0) is 30.7 Å². The highest BCUT2D eigenvalue weighted by atomic mass is 16.5. The largest absolute Gasteiger partial charge is 0.497 e. The number of hydrogen-bond donors (Lipinski definition) is 2. The van der Waals surface area contributed by atoms with Crippen molar-refractivity contribution in [2.24, 2.45) is 0 Å². The van der Waals surface area contributed by atoms with Gasteiger partial charge in [-0.3, -0.25) is 0 Å². The second kappa shape index (κ2) is 10.2. The van der Waals surface area contributed by atoms with Gasteiger partial charge < -0.3 is 20.1 Å². The molecule has 0 saturated carbocycles. The number of rotatable bonds is 10. The van der Waals surface area contributed by atoms with Gasteiger partial charge in [-0.25, -0.2) is 4.98 Å². The zero-order valence-electron chi connectivity index (χ0n) is 16.3. The fourth-order valence-corrected chi connectivity index (χ4v) is 2.63. The number of nitrogens with zero attached hydrogens (tertiary/aromatic N) is 2. The Kier molecular flexibility index (Phi) is 7.07. The molecule has 0 saturated heterocycles. The summed E-state index contributed by atoms with van der Waals surface area (Å²) >= 11 is 0. The van der Waals surface area contributed by atoms with Crippen molar-refractivity contribution in [3.63, 3.8) is 0 Å². The molecule has 146 valence electrons. The molecule has 0 spiro atoms. The lowest BCUT2D eigenvalue weighted by atomic mass is 10.1. The maximum Gasteiger partial charge on any atom is 0.225 e. The molecule has 0 unspecified atom stereocenters. The first kappa shape index (κ1) is 19.5. The molecule has 2 N–H and O–H groups in total. The Morgan fingerprint density at radius 2 is 1.61 bits per heavy atom. The zero-order chi connectivity index (χ0) is 19.6. The lowest BCUT2D eigenvalue weighted by Crippen LogP contribution is -2.14. The second-order valence-electron chi connectivity index (χ2n) is 6.21. The van der Waals surface area contributed by atoms with Gasteiger partial charge in [-0.15, -0.1) is 0 Å². The van der Waals surface area contributed by atoms with E-state index in [-0.39, 0.29) is 0 Å². The molecule has 1 heterocycles. The van der Waals surface area contributed by atoms with E-state index in [0.29, 0.717) is 19.1 Å². The van der Waals surface area contributed by atoms with E-state index < -0.39 is 0 Å². The van der Waals surface area contributed by atoms with Gasteiger partial charge >= 0.3 is 0 Å². The lowest BCUT2D eigenvalue weighted by molar-refractivity contribution is 0.331. The Morgan fingerprint density at radius 1 is 0.857 bits per heavy atom. The SMILES string of the molecule is CCCNc1nc(NCCOc2ccc(OC)cc2)cc(-c2ccccc2)n1. The van der Waals surface area contributed by atoms with Crippen LogP contribution in [0.1, 0.15) is 13.3 Å². The van der Waals surface area contributed by atoms with E-state index >= 15 is 0 Å². The first-order valence-electron chi connectivity index (χ1n) is 9.47. The van der Waals surface area contributed by atoms with Crippen LogP contribution in [0.3, 0.4) is 0 Å². The fourth-order valence-electron chi connectivity index (χ4n) is 2.63. The van der Waals surface area contributed by atoms with Crippen molar-refractivity contribution >= 4 is 11.8 Å². The molecule has 2 aromatic carbocycles. The van der Waals surface area contributed by atoms with Crippen LogP contribution in [0.4, 0.5) is 11.8 Å². The lowest BCUT2D eigenvalue weighted by Gasteiger charge is -2.12. The Morgan fingerprint density at radius 3 is 2.32 bits per heavy atom. The monoisotopic (exact) mass is 378 g/mol. The third-order valence-corrected chi connectivity index (χ3v) is 4.07. The van der Waals surface area contributed by atoms with Crippen molar-refractivity contribution in [2.45, 2.75) is 13.3 Å². The minimum atomic E-state index is 0.523. The molecule has 6 heteroatoms. The first-order valence-corrected chi connectivity index (χ1v) is 9.47. The second-order valence-corrected chi connectivity index (χ2v) is 6.21. The van der Waals surface area contributed by atoms with E-state index in [1.54, 1.807) is 7.11 Å². The van der Waals surface area contributed by atoms with Gasteiger partial charge in [0.15, 0.2) is 0 Å². The molecule has 1 aromatic heterocycles. The van der Waals surface area contributed by atoms with Crippen LogP contribution < -0.4 is 20.1 Å². The van der Waals surface area contributed by atoms with Gasteiger partial charge in [0, 0.05) is 18.2 Å². The highest BCUT2D eigenvalue weighted by Crippen LogP contribution is 2.21. The highest BCUT2D eigenvalue weighted by Gasteiger charge is 2.06. The van der Waals surface area contributed by atoms with Gasteiger partial charge in [0.2, 0.25) is 5.95 Å². The maximum atomic E-state index is 5.76. The molecule has 3 rings (SSSR count). The molecule has 0 amide bonds. The molecule has 0 fully saturated rings. The van der Waals surface area contributed by atoms with Crippen LogP contribution in [0.15, 0.2) is 60.7 Å². The summed E-state index contributed by atoms with van der Waals surface area (Å²) in [5.41, 5.74) is 1.94. The minimum Gasteiger partial charge on any atom is -0.497 e. The zero-order valence-corrected chi connectivity index (χ0v) is 16.3. The summed E-state index contributed by atoms with van der Waals surface area (Å²) in [6.45, 7) is 4.10. The summed E-state index contributed by atoms with van der Waals surface area (Å²) < 4.78 is 10.9. The minimum absolute atomic E-state index is 0.523. The molecule has 3 aromatic rings. The Balaban J connectivity index is 1.62. The first-order chi connectivity index (χ1) is 13.8. The van der Waals surface area contributed by atoms with E-state index in [0.717, 1.165) is 41.5 Å². The van der Waals surface area contributed by atoms with Crippen LogP contribution in [0.2, 0.25) is 0 Å². The summed E-state index contributed by atoms with van der Waals surface area (Å²) in [5, 5.41) is 6.59. The van der Waals surface area contributed by atoms with Gasteiger partial charge in [0.25, 0.3) is 0 Å². The molecular weight excluding hydrogens is 352 g/mol. The molecule has 0 aliphatic heterocycles.